The first kappa shape index (κ1) is 11.4. The molecule has 1 aromatic heterocycles. The molecule has 3 heteroatoms. The molecule has 0 spiro atoms. The van der Waals surface area contributed by atoms with E-state index in [1.54, 1.807) is 48.7 Å². The fourth-order valence-electron chi connectivity index (χ4n) is 2.06. The van der Waals surface area contributed by atoms with Crippen LogP contribution in [-0.4, -0.2) is 15.9 Å². The number of fused-ring (bicyclic) bond motifs is 1. The van der Waals surface area contributed by atoms with Crippen LogP contribution in [0.2, 0.25) is 0 Å². The number of nitrogens with zero attached hydrogens (tertiary/aromatic N) is 1. The van der Waals surface area contributed by atoms with Crippen LogP contribution in [-0.2, 0) is 0 Å². The quantitative estimate of drug-likeness (QED) is 0.710. The molecule has 19 heavy (non-hydrogen) atoms. The van der Waals surface area contributed by atoms with Gasteiger partial charge in [-0.15, -0.1) is 0 Å². The zero-order valence-corrected chi connectivity index (χ0v) is 10.1. The van der Waals surface area contributed by atoms with Crippen molar-refractivity contribution in [2.45, 2.75) is 0 Å². The molecular weight excluding hydrogens is 238 g/mol. The van der Waals surface area contributed by atoms with Gasteiger partial charge in [0.05, 0.1) is 5.56 Å². The molecule has 92 valence electrons. The molecule has 0 radical (unpaired) electrons. The molecular formula is C16H11NO2. The highest BCUT2D eigenvalue weighted by Crippen LogP contribution is 2.28. The standard InChI is InChI=1S/C16H11NO2/c18-15(12-5-2-1-3-6-12)13-9-8-11-7-4-10-17-14(11)16(13)19/h1-10,19H. The average molecular weight is 249 g/mol. The van der Waals surface area contributed by atoms with E-state index in [1.165, 1.54) is 0 Å². The van der Waals surface area contributed by atoms with Gasteiger partial charge in [-0.2, -0.15) is 0 Å². The van der Waals surface area contributed by atoms with E-state index in [2.05, 4.69) is 4.98 Å². The summed E-state index contributed by atoms with van der Waals surface area (Å²) in [6.45, 7) is 0. The molecule has 0 aliphatic heterocycles. The Labute approximate surface area is 110 Å². The number of pyridine rings is 1. The summed E-state index contributed by atoms with van der Waals surface area (Å²) in [6.07, 6.45) is 1.60. The first-order chi connectivity index (χ1) is 9.27. The van der Waals surface area contributed by atoms with Crippen molar-refractivity contribution < 1.29 is 9.90 Å². The molecule has 3 rings (SSSR count). The number of benzene rings is 2. The molecule has 0 fully saturated rings. The number of aromatic nitrogens is 1. The Bertz CT molecular complexity index is 751. The molecule has 0 aliphatic rings. The number of hydrogen-bond donors (Lipinski definition) is 1. The lowest BCUT2D eigenvalue weighted by Crippen LogP contribution is -2.01. The molecule has 0 atom stereocenters. The predicted octanol–water partition coefficient (Wildman–Crippen LogP) is 3.17. The Morgan fingerprint density at radius 2 is 1.74 bits per heavy atom. The minimum Gasteiger partial charge on any atom is -0.505 e. The van der Waals surface area contributed by atoms with Gasteiger partial charge in [0.1, 0.15) is 5.52 Å². The maximum atomic E-state index is 12.3. The van der Waals surface area contributed by atoms with Gasteiger partial charge in [-0.25, -0.2) is 0 Å². The smallest absolute Gasteiger partial charge is 0.196 e. The minimum absolute atomic E-state index is 0.0630. The first-order valence-electron chi connectivity index (χ1n) is 5.94. The van der Waals surface area contributed by atoms with Crippen molar-refractivity contribution in [2.75, 3.05) is 0 Å². The molecule has 0 saturated carbocycles. The van der Waals surface area contributed by atoms with E-state index in [0.717, 1.165) is 5.39 Å². The maximum Gasteiger partial charge on any atom is 0.196 e. The third-order valence-corrected chi connectivity index (χ3v) is 3.03. The number of phenolic OH excluding ortho intramolecular Hbond substituents is 1. The van der Waals surface area contributed by atoms with Gasteiger partial charge in [-0.3, -0.25) is 9.78 Å². The Kier molecular flexibility index (Phi) is 2.72. The van der Waals surface area contributed by atoms with Crippen molar-refractivity contribution in [3.8, 4) is 5.75 Å². The molecule has 2 aromatic carbocycles. The molecule has 0 unspecified atom stereocenters. The van der Waals surface area contributed by atoms with Crippen LogP contribution >= 0.6 is 0 Å². The van der Waals surface area contributed by atoms with Gasteiger partial charge in [0.25, 0.3) is 0 Å². The van der Waals surface area contributed by atoms with Crippen LogP contribution in [0.5, 0.6) is 5.75 Å². The normalized spacial score (nSPS) is 10.5. The Morgan fingerprint density at radius 1 is 0.947 bits per heavy atom. The Hall–Kier alpha value is -2.68. The van der Waals surface area contributed by atoms with E-state index in [9.17, 15) is 9.90 Å². The number of ketones is 1. The van der Waals surface area contributed by atoms with Crippen molar-refractivity contribution in [3.05, 3.63) is 71.9 Å². The third kappa shape index (κ3) is 1.95. The lowest BCUT2D eigenvalue weighted by Gasteiger charge is -2.06. The summed E-state index contributed by atoms with van der Waals surface area (Å²) in [4.78, 5) is 16.4. The molecule has 3 aromatic rings. The summed E-state index contributed by atoms with van der Waals surface area (Å²) in [5.41, 5.74) is 1.27. The largest absolute Gasteiger partial charge is 0.505 e. The molecule has 0 amide bonds. The van der Waals surface area contributed by atoms with Crippen LogP contribution in [0.1, 0.15) is 15.9 Å². The van der Waals surface area contributed by atoms with Gasteiger partial charge in [0, 0.05) is 17.1 Å². The highest BCUT2D eigenvalue weighted by Gasteiger charge is 2.15. The zero-order valence-electron chi connectivity index (χ0n) is 10.1. The van der Waals surface area contributed by atoms with Gasteiger partial charge in [-0.1, -0.05) is 42.5 Å². The van der Waals surface area contributed by atoms with E-state index in [-0.39, 0.29) is 17.1 Å². The SMILES string of the molecule is O=C(c1ccccc1)c1ccc2cccnc2c1O. The number of aromatic hydroxyl groups is 1. The fourth-order valence-corrected chi connectivity index (χ4v) is 2.06. The van der Waals surface area contributed by atoms with E-state index >= 15 is 0 Å². The summed E-state index contributed by atoms with van der Waals surface area (Å²) in [6, 6.07) is 16.0. The van der Waals surface area contributed by atoms with Crippen molar-refractivity contribution in [2.24, 2.45) is 0 Å². The molecule has 0 aliphatic carbocycles. The topological polar surface area (TPSA) is 50.2 Å². The van der Waals surface area contributed by atoms with Crippen LogP contribution in [0.15, 0.2) is 60.8 Å². The number of carbonyl (C=O) groups excluding carboxylic acids is 1. The van der Waals surface area contributed by atoms with E-state index in [1.807, 2.05) is 12.1 Å². The summed E-state index contributed by atoms with van der Waals surface area (Å²) in [5.74, 6) is -0.266. The molecule has 1 heterocycles. The average Bonchev–Trinajstić information content (AvgIpc) is 2.48. The van der Waals surface area contributed by atoms with Gasteiger partial charge < -0.3 is 5.11 Å². The van der Waals surface area contributed by atoms with Gasteiger partial charge in [0.2, 0.25) is 0 Å². The fraction of sp³-hybridized carbons (Fsp3) is 0. The molecule has 0 bridgehead atoms. The van der Waals surface area contributed by atoms with E-state index in [4.69, 9.17) is 0 Å². The third-order valence-electron chi connectivity index (χ3n) is 3.03. The number of carbonyl (C=O) groups is 1. The lowest BCUT2D eigenvalue weighted by molar-refractivity contribution is 0.103. The molecule has 0 saturated heterocycles. The minimum atomic E-state index is -0.203. The summed E-state index contributed by atoms with van der Waals surface area (Å²) >= 11 is 0. The molecule has 1 N–H and O–H groups in total. The Morgan fingerprint density at radius 3 is 2.53 bits per heavy atom. The second-order valence-corrected chi connectivity index (χ2v) is 4.23. The highest BCUT2D eigenvalue weighted by atomic mass is 16.3. The van der Waals surface area contributed by atoms with Crippen LogP contribution < -0.4 is 0 Å². The van der Waals surface area contributed by atoms with Crippen LogP contribution in [0.3, 0.4) is 0 Å². The van der Waals surface area contributed by atoms with E-state index in [0.29, 0.717) is 11.1 Å². The van der Waals surface area contributed by atoms with Crippen molar-refractivity contribution >= 4 is 16.7 Å². The second kappa shape index (κ2) is 4.53. The second-order valence-electron chi connectivity index (χ2n) is 4.23. The number of hydrogen-bond acceptors (Lipinski definition) is 3. The maximum absolute atomic E-state index is 12.3. The summed E-state index contributed by atoms with van der Waals surface area (Å²) < 4.78 is 0. The van der Waals surface area contributed by atoms with Crippen LogP contribution in [0.4, 0.5) is 0 Å². The molecule has 3 nitrogen and oxygen atoms in total. The number of rotatable bonds is 2. The monoisotopic (exact) mass is 249 g/mol. The predicted molar refractivity (Wildman–Crippen MR) is 73.3 cm³/mol. The van der Waals surface area contributed by atoms with Gasteiger partial charge in [-0.05, 0) is 12.1 Å². The zero-order chi connectivity index (χ0) is 13.2. The summed E-state index contributed by atoms with van der Waals surface area (Å²) in [7, 11) is 0. The Balaban J connectivity index is 2.16. The summed E-state index contributed by atoms with van der Waals surface area (Å²) in [5, 5.41) is 11.0. The van der Waals surface area contributed by atoms with Gasteiger partial charge >= 0.3 is 0 Å². The van der Waals surface area contributed by atoms with Crippen molar-refractivity contribution in [1.82, 2.24) is 4.98 Å². The first-order valence-corrected chi connectivity index (χ1v) is 5.94. The van der Waals surface area contributed by atoms with Crippen LogP contribution in [0, 0.1) is 0 Å². The highest BCUT2D eigenvalue weighted by molar-refractivity contribution is 6.13. The van der Waals surface area contributed by atoms with E-state index < -0.39 is 0 Å². The lowest BCUT2D eigenvalue weighted by atomic mass is 10.0. The number of phenols is 1. The van der Waals surface area contributed by atoms with Crippen LogP contribution in [0.25, 0.3) is 10.9 Å². The van der Waals surface area contributed by atoms with Crippen molar-refractivity contribution in [3.63, 3.8) is 0 Å². The van der Waals surface area contributed by atoms with Gasteiger partial charge in [0.15, 0.2) is 11.5 Å². The van der Waals surface area contributed by atoms with Crippen molar-refractivity contribution in [1.29, 1.82) is 0 Å².